The fraction of sp³-hybridized carbons (Fsp3) is 0.364. The zero-order chi connectivity index (χ0) is 13.2. The van der Waals surface area contributed by atoms with Gasteiger partial charge in [0.25, 0.3) is 0 Å². The largest absolute Gasteiger partial charge is 0.398 e. The van der Waals surface area contributed by atoms with Crippen LogP contribution in [0.1, 0.15) is 18.9 Å². The van der Waals surface area contributed by atoms with Crippen molar-refractivity contribution in [2.75, 3.05) is 5.73 Å². The maximum Gasteiger partial charge on any atom is 0.236 e. The molecule has 0 fully saturated rings. The summed E-state index contributed by atoms with van der Waals surface area (Å²) < 4.78 is 24.3. The van der Waals surface area contributed by atoms with Gasteiger partial charge < -0.3 is 11.5 Å². The van der Waals surface area contributed by atoms with Crippen LogP contribution in [0.4, 0.5) is 5.69 Å². The molecule has 0 aliphatic carbocycles. The number of anilines is 1. The van der Waals surface area contributed by atoms with Crippen molar-refractivity contribution in [2.24, 2.45) is 5.73 Å². The number of carbonyl (C=O) groups excluding carboxylic acids is 1. The molecule has 1 atom stereocenters. The third-order valence-corrected chi connectivity index (χ3v) is 4.83. The highest BCUT2D eigenvalue weighted by Crippen LogP contribution is 2.24. The Kier molecular flexibility index (Phi) is 3.77. The monoisotopic (exact) mass is 256 g/mol. The van der Waals surface area contributed by atoms with E-state index in [0.717, 1.165) is 5.56 Å². The van der Waals surface area contributed by atoms with Crippen LogP contribution in [0.2, 0.25) is 0 Å². The van der Waals surface area contributed by atoms with Crippen LogP contribution in [0.5, 0.6) is 0 Å². The normalized spacial score (nSPS) is 13.3. The summed E-state index contributed by atoms with van der Waals surface area (Å²) in [6.07, 6.45) is 0.130. The fourth-order valence-electron chi connectivity index (χ4n) is 1.65. The Bertz CT molecular complexity index is 538. The molecule has 1 unspecified atom stereocenters. The summed E-state index contributed by atoms with van der Waals surface area (Å²) in [5, 5.41) is -1.23. The summed E-state index contributed by atoms with van der Waals surface area (Å²) in [5.74, 6) is -0.854. The first-order valence-corrected chi connectivity index (χ1v) is 6.74. The average molecular weight is 256 g/mol. The summed E-state index contributed by atoms with van der Waals surface area (Å²) in [4.78, 5) is 11.1. The number of hydrogen-bond acceptors (Lipinski definition) is 4. The number of nitrogens with two attached hydrogens (primary N) is 2. The van der Waals surface area contributed by atoms with Crippen molar-refractivity contribution in [1.82, 2.24) is 0 Å². The van der Waals surface area contributed by atoms with Crippen molar-refractivity contribution in [3.63, 3.8) is 0 Å². The second-order valence-corrected chi connectivity index (χ2v) is 5.98. The number of rotatable bonds is 4. The predicted octanol–water partition coefficient (Wildman–Crippen LogP) is 0.615. The van der Waals surface area contributed by atoms with Gasteiger partial charge in [-0.25, -0.2) is 8.42 Å². The average Bonchev–Trinajstić information content (AvgIpc) is 2.16. The summed E-state index contributed by atoms with van der Waals surface area (Å²) in [6, 6.07) is 4.60. The molecule has 0 bridgehead atoms. The highest BCUT2D eigenvalue weighted by Gasteiger charge is 2.32. The summed E-state index contributed by atoms with van der Waals surface area (Å²) in [6.45, 7) is 3.40. The molecule has 1 aromatic carbocycles. The van der Waals surface area contributed by atoms with Crippen molar-refractivity contribution >= 4 is 21.4 Å². The SMILES string of the molecule is CCC(C(N)=O)S(=O)(=O)c1ccc(C)cc1N. The number of benzene rings is 1. The molecule has 0 saturated heterocycles. The van der Waals surface area contributed by atoms with Gasteiger partial charge in [0.1, 0.15) is 5.25 Å². The third kappa shape index (κ3) is 2.58. The van der Waals surface area contributed by atoms with E-state index in [9.17, 15) is 13.2 Å². The van der Waals surface area contributed by atoms with Gasteiger partial charge in [0, 0.05) is 0 Å². The number of sulfone groups is 1. The molecule has 94 valence electrons. The Morgan fingerprint density at radius 3 is 2.41 bits per heavy atom. The molecule has 0 spiro atoms. The molecule has 1 aromatic rings. The van der Waals surface area contributed by atoms with Gasteiger partial charge in [-0.2, -0.15) is 0 Å². The van der Waals surface area contributed by atoms with E-state index in [-0.39, 0.29) is 17.0 Å². The van der Waals surface area contributed by atoms with Crippen LogP contribution in [0.25, 0.3) is 0 Å². The quantitative estimate of drug-likeness (QED) is 0.770. The second-order valence-electron chi connectivity index (χ2n) is 3.89. The van der Waals surface area contributed by atoms with Gasteiger partial charge in [-0.05, 0) is 31.0 Å². The van der Waals surface area contributed by atoms with Crippen molar-refractivity contribution in [3.8, 4) is 0 Å². The zero-order valence-electron chi connectivity index (χ0n) is 9.80. The second kappa shape index (κ2) is 4.75. The van der Waals surface area contributed by atoms with E-state index in [4.69, 9.17) is 11.5 Å². The van der Waals surface area contributed by atoms with Crippen LogP contribution in [-0.2, 0) is 14.6 Å². The zero-order valence-corrected chi connectivity index (χ0v) is 10.6. The molecule has 1 rings (SSSR count). The van der Waals surface area contributed by atoms with Crippen molar-refractivity contribution in [3.05, 3.63) is 23.8 Å². The van der Waals surface area contributed by atoms with Crippen molar-refractivity contribution in [1.29, 1.82) is 0 Å². The Hall–Kier alpha value is -1.56. The predicted molar refractivity (Wildman–Crippen MR) is 66.1 cm³/mol. The van der Waals surface area contributed by atoms with Crippen LogP contribution in [0.3, 0.4) is 0 Å². The number of aryl methyl sites for hydroxylation is 1. The smallest absolute Gasteiger partial charge is 0.236 e. The van der Waals surface area contributed by atoms with Gasteiger partial charge in [0.05, 0.1) is 10.6 Å². The molecule has 17 heavy (non-hydrogen) atoms. The maximum absolute atomic E-state index is 12.2. The lowest BCUT2D eigenvalue weighted by molar-refractivity contribution is -0.117. The lowest BCUT2D eigenvalue weighted by Gasteiger charge is -2.14. The van der Waals surface area contributed by atoms with Crippen LogP contribution in [0, 0.1) is 6.92 Å². The van der Waals surface area contributed by atoms with E-state index < -0.39 is 21.0 Å². The number of amides is 1. The Morgan fingerprint density at radius 2 is 2.00 bits per heavy atom. The minimum atomic E-state index is -3.80. The molecule has 0 heterocycles. The highest BCUT2D eigenvalue weighted by atomic mass is 32.2. The van der Waals surface area contributed by atoms with E-state index in [1.165, 1.54) is 6.07 Å². The van der Waals surface area contributed by atoms with E-state index >= 15 is 0 Å². The molecule has 0 aliphatic heterocycles. The molecular weight excluding hydrogens is 240 g/mol. The summed E-state index contributed by atoms with van der Waals surface area (Å²) >= 11 is 0. The van der Waals surface area contributed by atoms with Crippen molar-refractivity contribution in [2.45, 2.75) is 30.4 Å². The number of primary amides is 1. The van der Waals surface area contributed by atoms with Gasteiger partial charge in [-0.1, -0.05) is 13.0 Å². The molecule has 0 aliphatic rings. The van der Waals surface area contributed by atoms with Gasteiger partial charge in [-0.3, -0.25) is 4.79 Å². The summed E-state index contributed by atoms with van der Waals surface area (Å²) in [7, 11) is -3.80. The van der Waals surface area contributed by atoms with Gasteiger partial charge in [-0.15, -0.1) is 0 Å². The minimum Gasteiger partial charge on any atom is -0.398 e. The molecule has 0 radical (unpaired) electrons. The lowest BCUT2D eigenvalue weighted by atomic mass is 10.2. The van der Waals surface area contributed by atoms with Crippen LogP contribution < -0.4 is 11.5 Å². The molecule has 0 aromatic heterocycles. The fourth-order valence-corrected chi connectivity index (χ4v) is 3.35. The number of nitrogen functional groups attached to an aromatic ring is 1. The van der Waals surface area contributed by atoms with Crippen LogP contribution in [0.15, 0.2) is 23.1 Å². The van der Waals surface area contributed by atoms with E-state index in [1.54, 1.807) is 26.0 Å². The minimum absolute atomic E-state index is 0.0336. The lowest BCUT2D eigenvalue weighted by Crippen LogP contribution is -2.35. The Morgan fingerprint density at radius 1 is 1.41 bits per heavy atom. The van der Waals surface area contributed by atoms with E-state index in [0.29, 0.717) is 0 Å². The first-order valence-electron chi connectivity index (χ1n) is 5.20. The standard InChI is InChI=1S/C11H16N2O3S/c1-3-9(11(13)14)17(15,16)10-5-4-7(2)6-8(10)12/h4-6,9H,3,12H2,1-2H3,(H2,13,14). The molecule has 5 nitrogen and oxygen atoms in total. The van der Waals surface area contributed by atoms with Gasteiger partial charge in [0.2, 0.25) is 5.91 Å². The third-order valence-electron chi connectivity index (χ3n) is 2.53. The molecule has 0 saturated carbocycles. The van der Waals surface area contributed by atoms with Gasteiger partial charge in [0.15, 0.2) is 9.84 Å². The summed E-state index contributed by atoms with van der Waals surface area (Å²) in [5.41, 5.74) is 11.8. The number of carbonyl (C=O) groups is 1. The Balaban J connectivity index is 3.35. The molecule has 6 heteroatoms. The topological polar surface area (TPSA) is 103 Å². The van der Waals surface area contributed by atoms with E-state index in [1.807, 2.05) is 0 Å². The van der Waals surface area contributed by atoms with Crippen LogP contribution in [-0.4, -0.2) is 19.6 Å². The first-order chi connectivity index (χ1) is 7.80. The van der Waals surface area contributed by atoms with Crippen molar-refractivity contribution < 1.29 is 13.2 Å². The molecule has 4 N–H and O–H groups in total. The van der Waals surface area contributed by atoms with E-state index in [2.05, 4.69) is 0 Å². The molecule has 1 amide bonds. The Labute approximate surface area is 101 Å². The first kappa shape index (κ1) is 13.5. The molecular formula is C11H16N2O3S. The van der Waals surface area contributed by atoms with Crippen LogP contribution >= 0.6 is 0 Å². The number of hydrogen-bond donors (Lipinski definition) is 2. The highest BCUT2D eigenvalue weighted by molar-refractivity contribution is 7.93. The van der Waals surface area contributed by atoms with Gasteiger partial charge >= 0.3 is 0 Å². The maximum atomic E-state index is 12.2.